The van der Waals surface area contributed by atoms with Gasteiger partial charge in [-0.05, 0) is 37.6 Å². The number of benzene rings is 2. The summed E-state index contributed by atoms with van der Waals surface area (Å²) < 4.78 is 5.43. The van der Waals surface area contributed by atoms with Crippen molar-refractivity contribution in [2.75, 3.05) is 24.4 Å². The van der Waals surface area contributed by atoms with E-state index in [4.69, 9.17) is 16.3 Å². The Morgan fingerprint density at radius 1 is 1.04 bits per heavy atom. The van der Waals surface area contributed by atoms with E-state index in [2.05, 4.69) is 15.3 Å². The van der Waals surface area contributed by atoms with Crippen molar-refractivity contribution in [2.24, 2.45) is 0 Å². The highest BCUT2D eigenvalue weighted by Crippen LogP contribution is 2.33. The minimum atomic E-state index is 0.614. The number of ether oxygens (including phenoxy) is 1. The Labute approximate surface area is 158 Å². The standard InChI is InChI=1S/C20H21ClN4O/c1-13-10-17(18(26-4)12-16(13)21)23-19-11-14(2)22-20(24-19)25(3)15-8-6-5-7-9-15/h5-12H,1-4H3,(H,22,23,24). The van der Waals surface area contributed by atoms with Crippen molar-refractivity contribution in [1.29, 1.82) is 0 Å². The van der Waals surface area contributed by atoms with Crippen LogP contribution in [0.2, 0.25) is 5.02 Å². The average Bonchev–Trinajstić information content (AvgIpc) is 2.64. The number of aryl methyl sites for hydroxylation is 2. The summed E-state index contributed by atoms with van der Waals surface area (Å²) in [5, 5.41) is 3.98. The number of hydrogen-bond acceptors (Lipinski definition) is 5. The summed E-state index contributed by atoms with van der Waals surface area (Å²) in [6.45, 7) is 3.90. The molecule has 3 rings (SSSR count). The van der Waals surface area contributed by atoms with Gasteiger partial charge in [0.1, 0.15) is 11.6 Å². The lowest BCUT2D eigenvalue weighted by molar-refractivity contribution is 0.416. The number of aromatic nitrogens is 2. The smallest absolute Gasteiger partial charge is 0.231 e. The summed E-state index contributed by atoms with van der Waals surface area (Å²) in [5.74, 6) is 1.97. The molecule has 0 amide bonds. The number of nitrogens with zero attached hydrogens (tertiary/aromatic N) is 3. The molecule has 0 aliphatic rings. The van der Waals surface area contributed by atoms with E-state index in [9.17, 15) is 0 Å². The Hall–Kier alpha value is -2.79. The molecule has 1 heterocycles. The van der Waals surface area contributed by atoms with Gasteiger partial charge in [-0.3, -0.25) is 0 Å². The van der Waals surface area contributed by atoms with Crippen LogP contribution in [-0.4, -0.2) is 24.1 Å². The molecule has 134 valence electrons. The Bertz CT molecular complexity index is 915. The molecule has 0 aliphatic heterocycles. The molecular formula is C20H21ClN4O. The first-order chi connectivity index (χ1) is 12.5. The second-order valence-electron chi connectivity index (χ2n) is 6.02. The highest BCUT2D eigenvalue weighted by atomic mass is 35.5. The van der Waals surface area contributed by atoms with Gasteiger partial charge < -0.3 is 15.0 Å². The molecule has 0 bridgehead atoms. The third-order valence-electron chi connectivity index (χ3n) is 4.03. The molecule has 0 saturated carbocycles. The lowest BCUT2D eigenvalue weighted by Crippen LogP contribution is -2.14. The SMILES string of the molecule is COc1cc(Cl)c(C)cc1Nc1cc(C)nc(N(C)c2ccccc2)n1. The van der Waals surface area contributed by atoms with Gasteiger partial charge in [0.15, 0.2) is 0 Å². The maximum absolute atomic E-state index is 6.19. The second kappa shape index (κ2) is 7.62. The number of methoxy groups -OCH3 is 1. The van der Waals surface area contributed by atoms with Crippen LogP contribution in [0.4, 0.5) is 23.1 Å². The second-order valence-corrected chi connectivity index (χ2v) is 6.42. The molecule has 26 heavy (non-hydrogen) atoms. The van der Waals surface area contributed by atoms with Gasteiger partial charge >= 0.3 is 0 Å². The van der Waals surface area contributed by atoms with Crippen LogP contribution < -0.4 is 15.0 Å². The van der Waals surface area contributed by atoms with Crippen LogP contribution in [0.15, 0.2) is 48.5 Å². The summed E-state index contributed by atoms with van der Waals surface area (Å²) >= 11 is 6.19. The van der Waals surface area contributed by atoms with Gasteiger partial charge in [0.25, 0.3) is 0 Å². The highest BCUT2D eigenvalue weighted by molar-refractivity contribution is 6.31. The number of hydrogen-bond donors (Lipinski definition) is 1. The van der Waals surface area contributed by atoms with E-state index in [1.807, 2.05) is 68.3 Å². The van der Waals surface area contributed by atoms with Gasteiger partial charge in [0.2, 0.25) is 5.95 Å². The van der Waals surface area contributed by atoms with Crippen molar-refractivity contribution in [3.8, 4) is 5.75 Å². The fourth-order valence-electron chi connectivity index (χ4n) is 2.60. The number of anilines is 4. The number of rotatable bonds is 5. The van der Waals surface area contributed by atoms with E-state index >= 15 is 0 Å². The van der Waals surface area contributed by atoms with E-state index in [-0.39, 0.29) is 0 Å². The molecule has 0 radical (unpaired) electrons. The van der Waals surface area contributed by atoms with E-state index < -0.39 is 0 Å². The van der Waals surface area contributed by atoms with Gasteiger partial charge in [0, 0.05) is 35.6 Å². The van der Waals surface area contributed by atoms with E-state index in [0.29, 0.717) is 22.5 Å². The highest BCUT2D eigenvalue weighted by Gasteiger charge is 2.12. The molecule has 0 unspecified atom stereocenters. The summed E-state index contributed by atoms with van der Waals surface area (Å²) in [6, 6.07) is 15.6. The zero-order chi connectivity index (χ0) is 18.7. The van der Waals surface area contributed by atoms with Gasteiger partial charge in [-0.2, -0.15) is 4.98 Å². The first-order valence-electron chi connectivity index (χ1n) is 8.23. The minimum absolute atomic E-state index is 0.614. The molecule has 0 fully saturated rings. The summed E-state index contributed by atoms with van der Waals surface area (Å²) in [6.07, 6.45) is 0. The van der Waals surface area contributed by atoms with Crippen LogP contribution in [-0.2, 0) is 0 Å². The third-order valence-corrected chi connectivity index (χ3v) is 4.44. The number of nitrogens with one attached hydrogen (secondary N) is 1. The lowest BCUT2D eigenvalue weighted by atomic mass is 10.2. The normalized spacial score (nSPS) is 10.5. The van der Waals surface area contributed by atoms with Crippen molar-refractivity contribution in [1.82, 2.24) is 9.97 Å². The van der Waals surface area contributed by atoms with Gasteiger partial charge in [-0.15, -0.1) is 0 Å². The van der Waals surface area contributed by atoms with E-state index in [0.717, 1.165) is 22.6 Å². The third kappa shape index (κ3) is 3.89. The molecule has 0 atom stereocenters. The van der Waals surface area contributed by atoms with Crippen LogP contribution in [0.25, 0.3) is 0 Å². The quantitative estimate of drug-likeness (QED) is 0.665. The molecule has 0 aliphatic carbocycles. The molecular weight excluding hydrogens is 348 g/mol. The first-order valence-corrected chi connectivity index (χ1v) is 8.61. The number of para-hydroxylation sites is 1. The molecule has 2 aromatic carbocycles. The van der Waals surface area contributed by atoms with Gasteiger partial charge in [-0.25, -0.2) is 4.98 Å². The maximum atomic E-state index is 6.19. The minimum Gasteiger partial charge on any atom is -0.495 e. The summed E-state index contributed by atoms with van der Waals surface area (Å²) in [7, 11) is 3.56. The number of halogens is 1. The Morgan fingerprint density at radius 2 is 1.77 bits per heavy atom. The first kappa shape index (κ1) is 18.0. The van der Waals surface area contributed by atoms with E-state index in [1.54, 1.807) is 13.2 Å². The monoisotopic (exact) mass is 368 g/mol. The largest absolute Gasteiger partial charge is 0.495 e. The molecule has 6 heteroatoms. The van der Waals surface area contributed by atoms with Crippen molar-refractivity contribution in [3.05, 3.63) is 64.8 Å². The molecule has 0 spiro atoms. The summed E-state index contributed by atoms with van der Waals surface area (Å²) in [5.41, 5.74) is 3.65. The van der Waals surface area contributed by atoms with Crippen LogP contribution >= 0.6 is 11.6 Å². The maximum Gasteiger partial charge on any atom is 0.231 e. The Kier molecular flexibility index (Phi) is 5.28. The fraction of sp³-hybridized carbons (Fsp3) is 0.200. The molecule has 0 saturated heterocycles. The predicted molar refractivity (Wildman–Crippen MR) is 107 cm³/mol. The van der Waals surface area contributed by atoms with Gasteiger partial charge in [-0.1, -0.05) is 29.8 Å². The van der Waals surface area contributed by atoms with Crippen molar-refractivity contribution < 1.29 is 4.74 Å². The summed E-state index contributed by atoms with van der Waals surface area (Å²) in [4.78, 5) is 11.1. The lowest BCUT2D eigenvalue weighted by Gasteiger charge is -2.19. The Morgan fingerprint density at radius 3 is 2.46 bits per heavy atom. The fourth-order valence-corrected chi connectivity index (χ4v) is 2.76. The van der Waals surface area contributed by atoms with Gasteiger partial charge in [0.05, 0.1) is 12.8 Å². The van der Waals surface area contributed by atoms with Crippen LogP contribution in [0.1, 0.15) is 11.3 Å². The van der Waals surface area contributed by atoms with E-state index in [1.165, 1.54) is 0 Å². The molecule has 5 nitrogen and oxygen atoms in total. The molecule has 1 aromatic heterocycles. The van der Waals surface area contributed by atoms with Crippen LogP contribution in [0, 0.1) is 13.8 Å². The Balaban J connectivity index is 1.95. The molecule has 1 N–H and O–H groups in total. The molecule has 3 aromatic rings. The zero-order valence-electron chi connectivity index (χ0n) is 15.2. The zero-order valence-corrected chi connectivity index (χ0v) is 16.0. The van der Waals surface area contributed by atoms with Crippen LogP contribution in [0.3, 0.4) is 0 Å². The van der Waals surface area contributed by atoms with Crippen molar-refractivity contribution in [2.45, 2.75) is 13.8 Å². The average molecular weight is 369 g/mol. The topological polar surface area (TPSA) is 50.3 Å². The van der Waals surface area contributed by atoms with Crippen LogP contribution in [0.5, 0.6) is 5.75 Å². The van der Waals surface area contributed by atoms with Crippen molar-refractivity contribution >= 4 is 34.7 Å². The van der Waals surface area contributed by atoms with Crippen molar-refractivity contribution in [3.63, 3.8) is 0 Å². The predicted octanol–water partition coefficient (Wildman–Crippen LogP) is 5.27.